The molecule has 3 aromatic heterocycles. The predicted octanol–water partition coefficient (Wildman–Crippen LogP) is 17.9. The van der Waals surface area contributed by atoms with Crippen molar-refractivity contribution in [2.75, 3.05) is 0 Å². The minimum atomic E-state index is 0.166. The third-order valence-electron chi connectivity index (χ3n) is 14.7. The molecule has 13 aromatic rings. The zero-order chi connectivity index (χ0) is 54.4. The first-order valence-electron chi connectivity index (χ1n) is 25.4. The molecule has 0 saturated heterocycles. The van der Waals surface area contributed by atoms with Crippen molar-refractivity contribution < 1.29 is 0 Å². The zero-order valence-electron chi connectivity index (χ0n) is 42.3. The summed E-state index contributed by atoms with van der Waals surface area (Å²) in [6, 6.07) is 78.2. The molecule has 0 aliphatic carbocycles. The smallest absolute Gasteiger partial charge is 0.197 e. The van der Waals surface area contributed by atoms with E-state index in [0.717, 1.165) is 94.2 Å². The van der Waals surface area contributed by atoms with Crippen molar-refractivity contribution in [2.45, 2.75) is 0 Å². The Balaban J connectivity index is 1.11. The molecule has 0 atom stereocenters. The number of aromatic nitrogens is 4. The van der Waals surface area contributed by atoms with Gasteiger partial charge in [0.25, 0.3) is 0 Å². The van der Waals surface area contributed by atoms with E-state index in [1.54, 1.807) is 0 Å². The number of para-hydroxylation sites is 2. The van der Waals surface area contributed by atoms with Gasteiger partial charge in [-0.25, -0.2) is 24.5 Å². The number of rotatable bonds is 8. The molecular formula is C70H36N10. The zero-order valence-corrected chi connectivity index (χ0v) is 42.3. The third-order valence-corrected chi connectivity index (χ3v) is 14.7. The quantitative estimate of drug-likeness (QED) is 0.140. The molecule has 0 unspecified atom stereocenters. The van der Waals surface area contributed by atoms with Gasteiger partial charge in [-0.2, -0.15) is 15.8 Å². The maximum Gasteiger partial charge on any atom is 0.197 e. The van der Waals surface area contributed by atoms with Gasteiger partial charge < -0.3 is 9.13 Å². The van der Waals surface area contributed by atoms with E-state index in [1.807, 2.05) is 109 Å². The van der Waals surface area contributed by atoms with Crippen molar-refractivity contribution in [3.8, 4) is 96.9 Å². The summed E-state index contributed by atoms with van der Waals surface area (Å²) in [4.78, 5) is 21.7. The lowest BCUT2D eigenvalue weighted by atomic mass is 9.94. The van der Waals surface area contributed by atoms with Crippen molar-refractivity contribution in [3.05, 3.63) is 269 Å². The highest BCUT2D eigenvalue weighted by Crippen LogP contribution is 2.46. The standard InChI is InChI=1S/C70H36N10/c1-74-52-33-51(42-73)69(62(38-52)76-3)48-26-29-67-58(36-48)57-35-47(68-50(41-72)31-43(40-71)32-61(68)75-2)25-28-66(57)80(67)65-30-27-49(70-77-59(44-15-6-4-7-16-44)39-60(78-70)45-17-8-5-9-18-45)37-56(65)46-19-14-20-53(34-46)79-63-23-12-10-21-54(63)55-22-11-13-24-64(55)79/h4-39H. The van der Waals surface area contributed by atoms with Crippen LogP contribution >= 0.6 is 0 Å². The van der Waals surface area contributed by atoms with Gasteiger partial charge >= 0.3 is 0 Å². The van der Waals surface area contributed by atoms with Crippen LogP contribution < -0.4 is 0 Å². The predicted molar refractivity (Wildman–Crippen MR) is 316 cm³/mol. The number of hydrogen-bond acceptors (Lipinski definition) is 5. The molecule has 0 amide bonds. The summed E-state index contributed by atoms with van der Waals surface area (Å²) in [6.07, 6.45) is 0. The second kappa shape index (κ2) is 19.5. The normalized spacial score (nSPS) is 10.9. The molecule has 0 aliphatic rings. The minimum absolute atomic E-state index is 0.166. The van der Waals surface area contributed by atoms with Crippen molar-refractivity contribution >= 4 is 60.7 Å². The van der Waals surface area contributed by atoms with Gasteiger partial charge in [-0.05, 0) is 108 Å². The molecule has 10 nitrogen and oxygen atoms in total. The number of benzene rings is 10. The van der Waals surface area contributed by atoms with Crippen molar-refractivity contribution in [1.82, 2.24) is 19.1 Å². The Morgan fingerprint density at radius 2 is 0.900 bits per heavy atom. The number of hydrogen-bond donors (Lipinski definition) is 0. The molecule has 0 spiro atoms. The van der Waals surface area contributed by atoms with E-state index in [4.69, 9.17) is 29.7 Å². The van der Waals surface area contributed by atoms with Crippen molar-refractivity contribution in [1.29, 1.82) is 15.8 Å². The molecule has 80 heavy (non-hydrogen) atoms. The highest BCUT2D eigenvalue weighted by Gasteiger charge is 2.23. The van der Waals surface area contributed by atoms with E-state index >= 15 is 0 Å². The summed E-state index contributed by atoms with van der Waals surface area (Å²) < 4.78 is 4.50. The van der Waals surface area contributed by atoms with Gasteiger partial charge in [-0.15, -0.1) is 0 Å². The Morgan fingerprint density at radius 1 is 0.375 bits per heavy atom. The van der Waals surface area contributed by atoms with E-state index in [9.17, 15) is 15.8 Å². The van der Waals surface area contributed by atoms with Crippen LogP contribution in [0.3, 0.4) is 0 Å². The monoisotopic (exact) mass is 1020 g/mol. The minimum Gasteiger partial charge on any atom is -0.309 e. The average Bonchev–Trinajstić information content (AvgIpc) is 4.06. The molecule has 0 aliphatic heterocycles. The Morgan fingerprint density at radius 3 is 1.46 bits per heavy atom. The number of fused-ring (bicyclic) bond motifs is 6. The molecule has 0 saturated carbocycles. The van der Waals surface area contributed by atoms with Crippen LogP contribution in [0.15, 0.2) is 218 Å². The second-order valence-electron chi connectivity index (χ2n) is 19.1. The fourth-order valence-corrected chi connectivity index (χ4v) is 11.1. The fraction of sp³-hybridized carbons (Fsp3) is 0. The number of nitriles is 3. The first-order valence-corrected chi connectivity index (χ1v) is 25.4. The van der Waals surface area contributed by atoms with Crippen LogP contribution in [0.1, 0.15) is 16.7 Å². The fourth-order valence-electron chi connectivity index (χ4n) is 11.1. The lowest BCUT2D eigenvalue weighted by Gasteiger charge is -2.18. The molecule has 366 valence electrons. The van der Waals surface area contributed by atoms with E-state index in [1.165, 1.54) is 24.3 Å². The van der Waals surface area contributed by atoms with Crippen LogP contribution in [-0.2, 0) is 0 Å². The first-order chi connectivity index (χ1) is 39.4. The van der Waals surface area contributed by atoms with Gasteiger partial charge in [0.15, 0.2) is 22.9 Å². The van der Waals surface area contributed by atoms with E-state index in [-0.39, 0.29) is 33.8 Å². The number of nitrogens with zero attached hydrogens (tertiary/aromatic N) is 10. The Labute approximate surface area is 459 Å². The molecule has 0 N–H and O–H groups in total. The molecule has 0 bridgehead atoms. The van der Waals surface area contributed by atoms with Gasteiger partial charge in [0.2, 0.25) is 0 Å². The lowest BCUT2D eigenvalue weighted by molar-refractivity contribution is 1.16. The summed E-state index contributed by atoms with van der Waals surface area (Å²) in [5, 5.41) is 34.6. The van der Waals surface area contributed by atoms with Crippen molar-refractivity contribution in [3.63, 3.8) is 0 Å². The molecule has 10 aromatic carbocycles. The summed E-state index contributed by atoms with van der Waals surface area (Å²) in [7, 11) is 0. The second-order valence-corrected chi connectivity index (χ2v) is 19.1. The van der Waals surface area contributed by atoms with Gasteiger partial charge in [0.1, 0.15) is 0 Å². The molecule has 10 heteroatoms. The van der Waals surface area contributed by atoms with Crippen LogP contribution in [0.4, 0.5) is 17.1 Å². The summed E-state index contributed by atoms with van der Waals surface area (Å²) in [5.41, 5.74) is 14.6. The largest absolute Gasteiger partial charge is 0.309 e. The van der Waals surface area contributed by atoms with Gasteiger partial charge in [-0.1, -0.05) is 127 Å². The molecule has 0 fully saturated rings. The van der Waals surface area contributed by atoms with Gasteiger partial charge in [0, 0.05) is 71.7 Å². The maximum atomic E-state index is 10.5. The Bertz CT molecular complexity index is 4690. The molecule has 0 radical (unpaired) electrons. The van der Waals surface area contributed by atoms with Gasteiger partial charge in [0.05, 0.1) is 82.6 Å². The highest BCUT2D eigenvalue weighted by atomic mass is 15.0. The third kappa shape index (κ3) is 7.92. The Kier molecular flexibility index (Phi) is 11.6. The van der Waals surface area contributed by atoms with E-state index in [2.05, 4.69) is 127 Å². The van der Waals surface area contributed by atoms with Gasteiger partial charge in [-0.3, -0.25) is 0 Å². The van der Waals surface area contributed by atoms with Crippen LogP contribution in [0.2, 0.25) is 0 Å². The summed E-state index contributed by atoms with van der Waals surface area (Å²) in [5.74, 6) is 0.535. The lowest BCUT2D eigenvalue weighted by Crippen LogP contribution is -2.01. The van der Waals surface area contributed by atoms with E-state index < -0.39 is 0 Å². The average molecular weight is 1020 g/mol. The van der Waals surface area contributed by atoms with Crippen LogP contribution in [0.5, 0.6) is 0 Å². The Hall–Kier alpha value is -12.2. The maximum absolute atomic E-state index is 10.5. The topological polar surface area (TPSA) is 120 Å². The molecular weight excluding hydrogens is 981 g/mol. The molecule has 3 heterocycles. The molecule has 13 rings (SSSR count). The van der Waals surface area contributed by atoms with Crippen LogP contribution in [0.25, 0.3) is 137 Å². The van der Waals surface area contributed by atoms with E-state index in [0.29, 0.717) is 28.1 Å². The highest BCUT2D eigenvalue weighted by molar-refractivity contribution is 6.13. The summed E-state index contributed by atoms with van der Waals surface area (Å²) >= 11 is 0. The first kappa shape index (κ1) is 47.5. The van der Waals surface area contributed by atoms with Crippen LogP contribution in [-0.4, -0.2) is 19.1 Å². The SMILES string of the molecule is [C-]#[N+]c1cc(C#N)c(-c2ccc3c(c2)c2cc(-c4c(C#N)cc(C#N)cc4[N+]#[C-])ccc2n3-c2ccc(-c3nc(-c4ccccc4)cc(-c4ccccc4)n3)cc2-c2cccc(-n3c4ccccc4c4ccccc43)c2)c([N+]#[C-])c1. The van der Waals surface area contributed by atoms with Crippen LogP contribution in [0, 0.1) is 53.7 Å². The van der Waals surface area contributed by atoms with Crippen molar-refractivity contribution in [2.24, 2.45) is 0 Å². The summed E-state index contributed by atoms with van der Waals surface area (Å²) in [6.45, 7) is 24.1.